The average molecular weight is 324 g/mol. The third-order valence-corrected chi connectivity index (χ3v) is 2.91. The molecule has 0 radical (unpaired) electrons. The highest BCUT2D eigenvalue weighted by molar-refractivity contribution is 6.34. The Balaban J connectivity index is 2.92. The van der Waals surface area contributed by atoms with Gasteiger partial charge in [-0.3, -0.25) is 9.59 Å². The predicted octanol–water partition coefficient (Wildman–Crippen LogP) is 2.52. The second-order valence-electron chi connectivity index (χ2n) is 4.53. The Bertz CT molecular complexity index is 573. The Morgan fingerprint density at radius 1 is 1.24 bits per heavy atom. The monoisotopic (exact) mass is 323 g/mol. The van der Waals surface area contributed by atoms with Gasteiger partial charge in [0, 0.05) is 12.6 Å². The molecule has 0 saturated heterocycles. The molecule has 0 spiro atoms. The number of halogens is 4. The zero-order valence-electron chi connectivity index (χ0n) is 11.1. The van der Waals surface area contributed by atoms with Crippen molar-refractivity contribution in [3.63, 3.8) is 0 Å². The highest BCUT2D eigenvalue weighted by Crippen LogP contribution is 2.30. The van der Waals surface area contributed by atoms with Crippen molar-refractivity contribution in [1.29, 1.82) is 0 Å². The van der Waals surface area contributed by atoms with Gasteiger partial charge >= 0.3 is 6.18 Å². The molecule has 0 heterocycles. The highest BCUT2D eigenvalue weighted by atomic mass is 35.5. The van der Waals surface area contributed by atoms with Crippen molar-refractivity contribution in [1.82, 2.24) is 0 Å². The summed E-state index contributed by atoms with van der Waals surface area (Å²) < 4.78 is 37.8. The molecule has 1 unspecified atom stereocenters. The van der Waals surface area contributed by atoms with E-state index < -0.39 is 17.6 Å². The van der Waals surface area contributed by atoms with Crippen LogP contribution in [0.5, 0.6) is 0 Å². The number of amides is 2. The van der Waals surface area contributed by atoms with Gasteiger partial charge < -0.3 is 16.4 Å². The minimum atomic E-state index is -4.89. The number of carbonyl (C=O) groups excluding carboxylic acids is 2. The Kier molecular flexibility index (Phi) is 4.85. The van der Waals surface area contributed by atoms with Crippen LogP contribution in [0.3, 0.4) is 0 Å². The van der Waals surface area contributed by atoms with Crippen molar-refractivity contribution in [2.75, 3.05) is 10.6 Å². The van der Waals surface area contributed by atoms with E-state index in [-0.39, 0.29) is 22.3 Å². The van der Waals surface area contributed by atoms with Gasteiger partial charge in [-0.15, -0.1) is 0 Å². The Hall–Kier alpha value is -1.80. The lowest BCUT2D eigenvalue weighted by Gasteiger charge is -2.26. The highest BCUT2D eigenvalue weighted by Gasteiger charge is 2.53. The lowest BCUT2D eigenvalue weighted by molar-refractivity contribution is -0.184. The lowest BCUT2D eigenvalue weighted by atomic mass is 10.0. The van der Waals surface area contributed by atoms with E-state index >= 15 is 0 Å². The van der Waals surface area contributed by atoms with E-state index in [1.54, 1.807) is 0 Å². The maximum atomic E-state index is 12.6. The van der Waals surface area contributed by atoms with Gasteiger partial charge in [0.2, 0.25) is 5.91 Å². The third-order valence-electron chi connectivity index (χ3n) is 2.60. The second kappa shape index (κ2) is 5.90. The van der Waals surface area contributed by atoms with Crippen molar-refractivity contribution in [3.8, 4) is 0 Å². The quantitative estimate of drug-likeness (QED) is 0.799. The maximum Gasteiger partial charge on any atom is 0.415 e. The second-order valence-corrected chi connectivity index (χ2v) is 4.94. The molecule has 1 aromatic carbocycles. The van der Waals surface area contributed by atoms with Crippen LogP contribution in [-0.4, -0.2) is 23.5 Å². The van der Waals surface area contributed by atoms with Gasteiger partial charge in [-0.05, 0) is 25.1 Å². The van der Waals surface area contributed by atoms with E-state index in [2.05, 4.69) is 5.32 Å². The number of benzene rings is 1. The number of hydrogen-bond donors (Lipinski definition) is 3. The van der Waals surface area contributed by atoms with Crippen molar-refractivity contribution in [2.45, 2.75) is 25.6 Å². The molecule has 0 bridgehead atoms. The molecule has 0 fully saturated rings. The first-order valence-electron chi connectivity index (χ1n) is 5.69. The molecule has 21 heavy (non-hydrogen) atoms. The summed E-state index contributed by atoms with van der Waals surface area (Å²) in [5.41, 5.74) is 2.26. The standard InChI is InChI=1S/C12H13ClF3N3O2/c1-6(20)18-9-4-3-7(5-8(9)13)19-10(21)11(2,17)12(14,15)16/h3-5H,17H2,1-2H3,(H,18,20)(H,19,21). The fourth-order valence-corrected chi connectivity index (χ4v) is 1.50. The Morgan fingerprint density at radius 3 is 2.24 bits per heavy atom. The van der Waals surface area contributed by atoms with Gasteiger partial charge in [0.05, 0.1) is 10.7 Å². The predicted molar refractivity (Wildman–Crippen MR) is 73.0 cm³/mol. The first-order valence-corrected chi connectivity index (χ1v) is 6.07. The van der Waals surface area contributed by atoms with Crippen molar-refractivity contribution >= 4 is 34.8 Å². The number of nitrogens with one attached hydrogen (secondary N) is 2. The van der Waals surface area contributed by atoms with E-state index in [0.29, 0.717) is 6.92 Å². The minimum Gasteiger partial charge on any atom is -0.325 e. The number of carbonyl (C=O) groups is 2. The molecule has 0 aliphatic carbocycles. The van der Waals surface area contributed by atoms with Crippen LogP contribution < -0.4 is 16.4 Å². The van der Waals surface area contributed by atoms with E-state index in [0.717, 1.165) is 0 Å². The number of alkyl halides is 3. The van der Waals surface area contributed by atoms with E-state index in [1.165, 1.54) is 25.1 Å². The molecular weight excluding hydrogens is 311 g/mol. The Labute approximate surface area is 123 Å². The summed E-state index contributed by atoms with van der Waals surface area (Å²) in [5.74, 6) is -1.78. The van der Waals surface area contributed by atoms with Crippen molar-refractivity contribution in [2.24, 2.45) is 5.73 Å². The maximum absolute atomic E-state index is 12.6. The van der Waals surface area contributed by atoms with Crippen LogP contribution in [0.4, 0.5) is 24.5 Å². The summed E-state index contributed by atoms with van der Waals surface area (Å²) in [4.78, 5) is 22.5. The molecule has 5 nitrogen and oxygen atoms in total. The number of nitrogens with two attached hydrogens (primary N) is 1. The van der Waals surface area contributed by atoms with Crippen LogP contribution in [0.25, 0.3) is 0 Å². The fourth-order valence-electron chi connectivity index (χ4n) is 1.27. The smallest absolute Gasteiger partial charge is 0.325 e. The summed E-state index contributed by atoms with van der Waals surface area (Å²) in [6, 6.07) is 3.85. The number of anilines is 2. The molecule has 1 atom stereocenters. The first-order chi connectivity index (χ1) is 9.45. The van der Waals surface area contributed by atoms with Crippen LogP contribution in [0.1, 0.15) is 13.8 Å². The zero-order chi connectivity index (χ0) is 16.4. The molecule has 0 aromatic heterocycles. The summed E-state index contributed by atoms with van der Waals surface area (Å²) in [6.45, 7) is 1.84. The zero-order valence-corrected chi connectivity index (χ0v) is 11.9. The van der Waals surface area contributed by atoms with Crippen LogP contribution >= 0.6 is 11.6 Å². The summed E-state index contributed by atoms with van der Waals surface area (Å²) in [5, 5.41) is 4.51. The van der Waals surface area contributed by atoms with E-state index in [1.807, 2.05) is 5.32 Å². The number of hydrogen-bond acceptors (Lipinski definition) is 3. The van der Waals surface area contributed by atoms with Crippen LogP contribution in [0, 0.1) is 0 Å². The molecule has 0 aliphatic heterocycles. The van der Waals surface area contributed by atoms with Gasteiger partial charge in [0.1, 0.15) is 0 Å². The SMILES string of the molecule is CC(=O)Nc1ccc(NC(=O)C(C)(N)C(F)(F)F)cc1Cl. The molecular formula is C12H13ClF3N3O2. The van der Waals surface area contributed by atoms with Crippen LogP contribution in [0.15, 0.2) is 18.2 Å². The minimum absolute atomic E-state index is 0.0278. The summed E-state index contributed by atoms with van der Waals surface area (Å²) >= 11 is 5.84. The van der Waals surface area contributed by atoms with Gasteiger partial charge in [-0.25, -0.2) is 0 Å². The molecule has 0 saturated carbocycles. The molecule has 1 aromatic rings. The normalized spacial score (nSPS) is 14.2. The molecule has 2 amide bonds. The van der Waals surface area contributed by atoms with Crippen LogP contribution in [-0.2, 0) is 9.59 Å². The topological polar surface area (TPSA) is 84.2 Å². The van der Waals surface area contributed by atoms with E-state index in [9.17, 15) is 22.8 Å². The summed E-state index contributed by atoms with van der Waals surface area (Å²) in [6.07, 6.45) is -4.89. The first kappa shape index (κ1) is 17.3. The molecule has 9 heteroatoms. The largest absolute Gasteiger partial charge is 0.415 e. The Morgan fingerprint density at radius 2 is 1.81 bits per heavy atom. The van der Waals surface area contributed by atoms with Gasteiger partial charge in [-0.1, -0.05) is 11.6 Å². The third kappa shape index (κ3) is 4.08. The lowest BCUT2D eigenvalue weighted by Crippen LogP contribution is -2.59. The molecule has 4 N–H and O–H groups in total. The fraction of sp³-hybridized carbons (Fsp3) is 0.333. The van der Waals surface area contributed by atoms with Gasteiger partial charge in [0.25, 0.3) is 5.91 Å². The average Bonchev–Trinajstić information content (AvgIpc) is 2.30. The van der Waals surface area contributed by atoms with Gasteiger partial charge in [-0.2, -0.15) is 13.2 Å². The van der Waals surface area contributed by atoms with Gasteiger partial charge in [0.15, 0.2) is 5.54 Å². The molecule has 1 rings (SSSR count). The van der Waals surface area contributed by atoms with Crippen LogP contribution in [0.2, 0.25) is 5.02 Å². The molecule has 116 valence electrons. The van der Waals surface area contributed by atoms with Crippen molar-refractivity contribution < 1.29 is 22.8 Å². The number of rotatable bonds is 3. The van der Waals surface area contributed by atoms with E-state index in [4.69, 9.17) is 17.3 Å². The summed E-state index contributed by atoms with van der Waals surface area (Å²) in [7, 11) is 0. The molecule has 0 aliphatic rings. The van der Waals surface area contributed by atoms with Crippen molar-refractivity contribution in [3.05, 3.63) is 23.2 Å².